The third kappa shape index (κ3) is 6.60. The Balaban J connectivity index is 1.85. The summed E-state index contributed by atoms with van der Waals surface area (Å²) >= 11 is 0. The van der Waals surface area contributed by atoms with E-state index in [-0.39, 0.29) is 5.41 Å². The lowest BCUT2D eigenvalue weighted by molar-refractivity contribution is 0.165. The van der Waals surface area contributed by atoms with Gasteiger partial charge in [0.2, 0.25) is 0 Å². The van der Waals surface area contributed by atoms with E-state index in [9.17, 15) is 0 Å². The highest BCUT2D eigenvalue weighted by molar-refractivity contribution is 5.24. The van der Waals surface area contributed by atoms with Crippen LogP contribution >= 0.6 is 0 Å². The van der Waals surface area contributed by atoms with Crippen molar-refractivity contribution < 1.29 is 0 Å². The van der Waals surface area contributed by atoms with E-state index in [0.29, 0.717) is 18.3 Å². The van der Waals surface area contributed by atoms with E-state index in [1.54, 1.807) is 12.3 Å². The average Bonchev–Trinajstić information content (AvgIpc) is 2.78. The van der Waals surface area contributed by atoms with Gasteiger partial charge in [0.25, 0.3) is 0 Å². The summed E-state index contributed by atoms with van der Waals surface area (Å²) in [7, 11) is 2.16. The second-order valence-electron chi connectivity index (χ2n) is 8.00. The summed E-state index contributed by atoms with van der Waals surface area (Å²) < 4.78 is 0. The van der Waals surface area contributed by atoms with Gasteiger partial charge in [0, 0.05) is 25.2 Å². The molecule has 0 saturated carbocycles. The van der Waals surface area contributed by atoms with Crippen LogP contribution in [0.2, 0.25) is 0 Å². The molecule has 0 aliphatic carbocycles. The Morgan fingerprint density at radius 1 is 1.40 bits per heavy atom. The molecule has 0 unspecified atom stereocenters. The van der Waals surface area contributed by atoms with Crippen LogP contribution in [0.5, 0.6) is 0 Å². The molecule has 6 nitrogen and oxygen atoms in total. The summed E-state index contributed by atoms with van der Waals surface area (Å²) in [4.78, 5) is 13.6. The Labute approximate surface area is 152 Å². The Bertz CT molecular complexity index is 580. The maximum Gasteiger partial charge on any atom is 0.144 e. The first kappa shape index (κ1) is 19.6. The molecule has 25 heavy (non-hydrogen) atoms. The third-order valence-corrected chi connectivity index (χ3v) is 5.10. The normalized spacial score (nSPS) is 19.6. The quantitative estimate of drug-likeness (QED) is 0.819. The Morgan fingerprint density at radius 2 is 2.20 bits per heavy atom. The standard InChI is InChI=1S/C19H32N6/c1-19(2,9-5-10-20)15-25-12-4-6-16(8-13-25)24(3)14-18-22-11-7-17(21)23-18/h7,11,16H,4-6,8-9,12-15H2,1-3H3,(H2,21,22,23)/t16-/m1/s1. The minimum atomic E-state index is 0.205. The van der Waals surface area contributed by atoms with Gasteiger partial charge in [-0.05, 0) is 57.3 Å². The number of likely N-dealkylation sites (tertiary alicyclic amines) is 1. The van der Waals surface area contributed by atoms with Crippen LogP contribution in [0.15, 0.2) is 12.3 Å². The fourth-order valence-corrected chi connectivity index (χ4v) is 3.66. The highest BCUT2D eigenvalue weighted by atomic mass is 15.2. The molecule has 6 heteroatoms. The van der Waals surface area contributed by atoms with Gasteiger partial charge in [-0.1, -0.05) is 13.8 Å². The van der Waals surface area contributed by atoms with Gasteiger partial charge in [-0.15, -0.1) is 0 Å². The topological polar surface area (TPSA) is 82.1 Å². The molecule has 1 aliphatic heterocycles. The molecule has 0 spiro atoms. The summed E-state index contributed by atoms with van der Waals surface area (Å²) in [5.74, 6) is 1.33. The van der Waals surface area contributed by atoms with Gasteiger partial charge in [-0.25, -0.2) is 9.97 Å². The van der Waals surface area contributed by atoms with E-state index in [1.165, 1.54) is 12.8 Å². The molecule has 0 aromatic carbocycles. The van der Waals surface area contributed by atoms with Crippen molar-refractivity contribution in [1.82, 2.24) is 19.8 Å². The van der Waals surface area contributed by atoms with E-state index in [1.807, 2.05) is 0 Å². The van der Waals surface area contributed by atoms with Crippen LogP contribution < -0.4 is 5.73 Å². The maximum absolute atomic E-state index is 8.83. The van der Waals surface area contributed by atoms with Crippen LogP contribution in [-0.2, 0) is 6.54 Å². The molecule has 0 bridgehead atoms. The third-order valence-electron chi connectivity index (χ3n) is 5.10. The molecule has 2 N–H and O–H groups in total. The maximum atomic E-state index is 8.83. The van der Waals surface area contributed by atoms with Crippen molar-refractivity contribution in [2.75, 3.05) is 32.4 Å². The zero-order valence-corrected chi connectivity index (χ0v) is 15.9. The number of aromatic nitrogens is 2. The van der Waals surface area contributed by atoms with Crippen LogP contribution in [0.25, 0.3) is 0 Å². The van der Waals surface area contributed by atoms with Crippen molar-refractivity contribution in [3.8, 4) is 6.07 Å². The van der Waals surface area contributed by atoms with Gasteiger partial charge in [0.1, 0.15) is 11.6 Å². The van der Waals surface area contributed by atoms with Gasteiger partial charge in [0.15, 0.2) is 0 Å². The van der Waals surface area contributed by atoms with E-state index < -0.39 is 0 Å². The first-order valence-electron chi connectivity index (χ1n) is 9.26. The fourth-order valence-electron chi connectivity index (χ4n) is 3.66. The predicted molar refractivity (Wildman–Crippen MR) is 101 cm³/mol. The molecule has 0 radical (unpaired) electrons. The lowest BCUT2D eigenvalue weighted by atomic mass is 9.87. The van der Waals surface area contributed by atoms with Crippen molar-refractivity contribution in [2.45, 2.75) is 58.5 Å². The van der Waals surface area contributed by atoms with Crippen molar-refractivity contribution >= 4 is 5.82 Å². The summed E-state index contributed by atoms with van der Waals surface area (Å²) in [6.07, 6.45) is 6.91. The number of nitriles is 1. The summed E-state index contributed by atoms with van der Waals surface area (Å²) in [6, 6.07) is 4.55. The Kier molecular flexibility index (Phi) is 7.15. The van der Waals surface area contributed by atoms with Crippen molar-refractivity contribution in [3.05, 3.63) is 18.1 Å². The number of hydrogen-bond donors (Lipinski definition) is 1. The Morgan fingerprint density at radius 3 is 2.92 bits per heavy atom. The zero-order valence-electron chi connectivity index (χ0n) is 15.9. The molecule has 1 saturated heterocycles. The molecule has 1 aromatic heterocycles. The van der Waals surface area contributed by atoms with Crippen LogP contribution in [0, 0.1) is 16.7 Å². The molecule has 2 heterocycles. The highest BCUT2D eigenvalue weighted by Gasteiger charge is 2.25. The summed E-state index contributed by atoms with van der Waals surface area (Å²) in [5, 5.41) is 8.83. The molecule has 1 fully saturated rings. The van der Waals surface area contributed by atoms with Crippen LogP contribution in [-0.4, -0.2) is 52.5 Å². The lowest BCUT2D eigenvalue weighted by Crippen LogP contribution is -2.36. The van der Waals surface area contributed by atoms with Crippen LogP contribution in [0.3, 0.4) is 0 Å². The molecule has 138 valence electrons. The van der Waals surface area contributed by atoms with Crippen LogP contribution in [0.1, 0.15) is 51.8 Å². The monoisotopic (exact) mass is 344 g/mol. The Hall–Kier alpha value is -1.71. The summed E-state index contributed by atoms with van der Waals surface area (Å²) in [5.41, 5.74) is 5.96. The SMILES string of the molecule is CN(Cc1nccc(N)n1)[C@@H]1CCCN(CC(C)(C)CCC#N)CC1. The van der Waals surface area contributed by atoms with E-state index in [0.717, 1.165) is 44.8 Å². The number of rotatable bonds is 7. The minimum absolute atomic E-state index is 0.205. The molecule has 2 rings (SSSR count). The van der Waals surface area contributed by atoms with Gasteiger partial charge in [-0.3, -0.25) is 4.90 Å². The average molecular weight is 345 g/mol. The molecule has 1 atom stereocenters. The van der Waals surface area contributed by atoms with Crippen molar-refractivity contribution in [1.29, 1.82) is 5.26 Å². The van der Waals surface area contributed by atoms with E-state index in [4.69, 9.17) is 11.0 Å². The van der Waals surface area contributed by atoms with Gasteiger partial charge >= 0.3 is 0 Å². The number of nitrogens with two attached hydrogens (primary N) is 1. The predicted octanol–water partition coefficient (Wildman–Crippen LogP) is 2.68. The number of hydrogen-bond acceptors (Lipinski definition) is 6. The zero-order chi connectivity index (χ0) is 18.3. The molecule has 0 amide bonds. The van der Waals surface area contributed by atoms with E-state index >= 15 is 0 Å². The van der Waals surface area contributed by atoms with Crippen molar-refractivity contribution in [3.63, 3.8) is 0 Å². The molecule has 1 aliphatic rings. The van der Waals surface area contributed by atoms with Gasteiger partial charge < -0.3 is 10.6 Å². The molecular weight excluding hydrogens is 312 g/mol. The first-order valence-corrected chi connectivity index (χ1v) is 9.26. The highest BCUT2D eigenvalue weighted by Crippen LogP contribution is 2.26. The van der Waals surface area contributed by atoms with Gasteiger partial charge in [-0.2, -0.15) is 5.26 Å². The molecular formula is C19H32N6. The molecule has 1 aromatic rings. The lowest BCUT2D eigenvalue weighted by Gasteiger charge is -2.32. The second kappa shape index (κ2) is 9.12. The first-order chi connectivity index (χ1) is 11.9. The minimum Gasteiger partial charge on any atom is -0.384 e. The number of anilines is 1. The van der Waals surface area contributed by atoms with E-state index in [2.05, 4.69) is 46.7 Å². The smallest absolute Gasteiger partial charge is 0.144 e. The van der Waals surface area contributed by atoms with Crippen molar-refractivity contribution in [2.24, 2.45) is 5.41 Å². The number of nitrogen functional groups attached to an aromatic ring is 1. The number of nitrogens with zero attached hydrogens (tertiary/aromatic N) is 5. The van der Waals surface area contributed by atoms with Crippen LogP contribution in [0.4, 0.5) is 5.82 Å². The summed E-state index contributed by atoms with van der Waals surface area (Å²) in [6.45, 7) is 8.62. The fraction of sp³-hybridized carbons (Fsp3) is 0.737. The largest absolute Gasteiger partial charge is 0.384 e. The van der Waals surface area contributed by atoms with Gasteiger partial charge in [0.05, 0.1) is 12.6 Å². The second-order valence-corrected chi connectivity index (χ2v) is 8.00.